The molecular formula is C19H22BrNO3. The molecule has 2 aromatic rings. The van der Waals surface area contributed by atoms with E-state index >= 15 is 0 Å². The van der Waals surface area contributed by atoms with Gasteiger partial charge in [-0.25, -0.2) is 0 Å². The molecule has 2 rings (SSSR count). The predicted octanol–water partition coefficient (Wildman–Crippen LogP) is 4.74. The van der Waals surface area contributed by atoms with Crippen molar-refractivity contribution in [3.05, 3.63) is 58.1 Å². The van der Waals surface area contributed by atoms with Gasteiger partial charge in [-0.05, 0) is 40.0 Å². The second kappa shape index (κ2) is 8.73. The molecule has 0 heterocycles. The second-order valence-corrected chi connectivity index (χ2v) is 6.21. The molecule has 0 fully saturated rings. The third kappa shape index (κ3) is 4.29. The first-order chi connectivity index (χ1) is 11.6. The maximum atomic E-state index is 12.7. The van der Waals surface area contributed by atoms with E-state index in [1.807, 2.05) is 30.3 Å². The van der Waals surface area contributed by atoms with Gasteiger partial charge in [0.1, 0.15) is 16.0 Å². The van der Waals surface area contributed by atoms with Gasteiger partial charge in [0.2, 0.25) is 0 Å². The van der Waals surface area contributed by atoms with Crippen LogP contribution in [0.2, 0.25) is 0 Å². The van der Waals surface area contributed by atoms with Crippen molar-refractivity contribution in [2.24, 2.45) is 0 Å². The van der Waals surface area contributed by atoms with Crippen LogP contribution in [-0.2, 0) is 0 Å². The molecule has 1 atom stereocenters. The van der Waals surface area contributed by atoms with Gasteiger partial charge in [-0.1, -0.05) is 43.7 Å². The molecule has 1 N–H and O–H groups in total. The lowest BCUT2D eigenvalue weighted by Gasteiger charge is -2.19. The van der Waals surface area contributed by atoms with Gasteiger partial charge in [-0.3, -0.25) is 4.79 Å². The van der Waals surface area contributed by atoms with Crippen LogP contribution in [-0.4, -0.2) is 20.1 Å². The molecule has 0 saturated heterocycles. The first kappa shape index (κ1) is 18.3. The minimum Gasteiger partial charge on any atom is -0.495 e. The van der Waals surface area contributed by atoms with Gasteiger partial charge in [-0.2, -0.15) is 0 Å². The first-order valence-electron chi connectivity index (χ1n) is 7.88. The maximum absolute atomic E-state index is 12.7. The fraction of sp³-hybridized carbons (Fsp3) is 0.316. The monoisotopic (exact) mass is 391 g/mol. The van der Waals surface area contributed by atoms with Crippen molar-refractivity contribution in [1.29, 1.82) is 0 Å². The van der Waals surface area contributed by atoms with Crippen molar-refractivity contribution in [3.63, 3.8) is 0 Å². The summed E-state index contributed by atoms with van der Waals surface area (Å²) in [5, 5.41) is 3.11. The van der Waals surface area contributed by atoms with Crippen LogP contribution >= 0.6 is 15.9 Å². The van der Waals surface area contributed by atoms with Crippen LogP contribution in [0, 0.1) is 0 Å². The van der Waals surface area contributed by atoms with E-state index in [0.29, 0.717) is 21.5 Å². The average Bonchev–Trinajstić information content (AvgIpc) is 2.62. The average molecular weight is 392 g/mol. The Morgan fingerprint density at radius 1 is 1.12 bits per heavy atom. The van der Waals surface area contributed by atoms with Gasteiger partial charge in [0, 0.05) is 5.56 Å². The molecule has 128 valence electrons. The Balaban J connectivity index is 2.27. The van der Waals surface area contributed by atoms with Crippen LogP contribution in [0.15, 0.2) is 46.9 Å². The van der Waals surface area contributed by atoms with E-state index in [0.717, 1.165) is 18.4 Å². The van der Waals surface area contributed by atoms with E-state index in [-0.39, 0.29) is 11.9 Å². The van der Waals surface area contributed by atoms with E-state index < -0.39 is 0 Å². The second-order valence-electron chi connectivity index (χ2n) is 5.42. The summed E-state index contributed by atoms with van der Waals surface area (Å²) in [6.07, 6.45) is 1.85. The van der Waals surface area contributed by atoms with Crippen molar-refractivity contribution in [2.45, 2.75) is 25.8 Å². The standard InChI is InChI=1S/C19H22BrNO3/c1-4-8-15(13-9-6-5-7-10-13)21-19(22)14-11-16(23-2)18(20)17(12-14)24-3/h5-7,9-12,15H,4,8H2,1-3H3,(H,21,22). The van der Waals surface area contributed by atoms with Gasteiger partial charge in [-0.15, -0.1) is 0 Å². The number of rotatable bonds is 7. The van der Waals surface area contributed by atoms with Gasteiger partial charge in [0.05, 0.1) is 20.3 Å². The van der Waals surface area contributed by atoms with E-state index in [9.17, 15) is 4.79 Å². The summed E-state index contributed by atoms with van der Waals surface area (Å²) in [5.41, 5.74) is 1.60. The first-order valence-corrected chi connectivity index (χ1v) is 8.67. The summed E-state index contributed by atoms with van der Waals surface area (Å²) in [5.74, 6) is 0.971. The molecule has 1 amide bonds. The molecule has 0 bridgehead atoms. The number of carbonyl (C=O) groups is 1. The number of benzene rings is 2. The molecule has 0 radical (unpaired) electrons. The zero-order chi connectivity index (χ0) is 17.5. The van der Waals surface area contributed by atoms with E-state index in [4.69, 9.17) is 9.47 Å². The third-order valence-electron chi connectivity index (χ3n) is 3.79. The number of hydrogen-bond acceptors (Lipinski definition) is 3. The molecule has 0 aromatic heterocycles. The summed E-state index contributed by atoms with van der Waals surface area (Å²) in [6.45, 7) is 2.10. The largest absolute Gasteiger partial charge is 0.495 e. The SMILES string of the molecule is CCCC(NC(=O)c1cc(OC)c(Br)c(OC)c1)c1ccccc1. The zero-order valence-electron chi connectivity index (χ0n) is 14.1. The number of methoxy groups -OCH3 is 2. The van der Waals surface area contributed by atoms with Gasteiger partial charge in [0.15, 0.2) is 0 Å². The Bertz CT molecular complexity index is 663. The molecule has 4 nitrogen and oxygen atoms in total. The summed E-state index contributed by atoms with van der Waals surface area (Å²) in [6, 6.07) is 13.4. The van der Waals surface area contributed by atoms with Crippen LogP contribution in [0.1, 0.15) is 41.7 Å². The van der Waals surface area contributed by atoms with Crippen LogP contribution in [0.3, 0.4) is 0 Å². The summed E-state index contributed by atoms with van der Waals surface area (Å²) < 4.78 is 11.3. The summed E-state index contributed by atoms with van der Waals surface area (Å²) >= 11 is 3.42. The lowest BCUT2D eigenvalue weighted by Crippen LogP contribution is -2.28. The van der Waals surface area contributed by atoms with E-state index in [1.165, 1.54) is 0 Å². The predicted molar refractivity (Wildman–Crippen MR) is 98.8 cm³/mol. The van der Waals surface area contributed by atoms with Crippen molar-refractivity contribution in [1.82, 2.24) is 5.32 Å². The fourth-order valence-electron chi connectivity index (χ4n) is 2.54. The van der Waals surface area contributed by atoms with Crippen LogP contribution in [0.5, 0.6) is 11.5 Å². The summed E-state index contributed by atoms with van der Waals surface area (Å²) in [7, 11) is 3.12. The van der Waals surface area contributed by atoms with Crippen molar-refractivity contribution < 1.29 is 14.3 Å². The number of halogens is 1. The minimum absolute atomic E-state index is 0.0238. The van der Waals surface area contributed by atoms with Gasteiger partial charge in [0.25, 0.3) is 5.91 Å². The molecular weight excluding hydrogens is 370 g/mol. The van der Waals surface area contributed by atoms with Crippen molar-refractivity contribution in [3.8, 4) is 11.5 Å². The Hall–Kier alpha value is -2.01. The number of carbonyl (C=O) groups excluding carboxylic acids is 1. The molecule has 5 heteroatoms. The van der Waals surface area contributed by atoms with Crippen LogP contribution in [0.25, 0.3) is 0 Å². The lowest BCUT2D eigenvalue weighted by molar-refractivity contribution is 0.0933. The van der Waals surface area contributed by atoms with Crippen LogP contribution in [0.4, 0.5) is 0 Å². The highest BCUT2D eigenvalue weighted by molar-refractivity contribution is 9.10. The minimum atomic E-state index is -0.151. The van der Waals surface area contributed by atoms with Crippen LogP contribution < -0.4 is 14.8 Å². The van der Waals surface area contributed by atoms with E-state index in [1.54, 1.807) is 26.4 Å². The Kier molecular flexibility index (Phi) is 6.67. The molecule has 2 aromatic carbocycles. The number of amides is 1. The zero-order valence-corrected chi connectivity index (χ0v) is 15.7. The highest BCUT2D eigenvalue weighted by Gasteiger charge is 2.18. The molecule has 0 aliphatic heterocycles. The topological polar surface area (TPSA) is 47.6 Å². The van der Waals surface area contributed by atoms with E-state index in [2.05, 4.69) is 28.2 Å². The Labute approximate surface area is 151 Å². The fourth-order valence-corrected chi connectivity index (χ4v) is 3.09. The molecule has 0 saturated carbocycles. The highest BCUT2D eigenvalue weighted by Crippen LogP contribution is 2.35. The van der Waals surface area contributed by atoms with Gasteiger partial charge < -0.3 is 14.8 Å². The number of hydrogen-bond donors (Lipinski definition) is 1. The molecule has 0 spiro atoms. The molecule has 1 unspecified atom stereocenters. The number of nitrogens with one attached hydrogen (secondary N) is 1. The maximum Gasteiger partial charge on any atom is 0.252 e. The molecule has 0 aliphatic rings. The number of ether oxygens (including phenoxy) is 2. The lowest BCUT2D eigenvalue weighted by atomic mass is 10.0. The molecule has 24 heavy (non-hydrogen) atoms. The van der Waals surface area contributed by atoms with Crippen molar-refractivity contribution in [2.75, 3.05) is 14.2 Å². The highest BCUT2D eigenvalue weighted by atomic mass is 79.9. The van der Waals surface area contributed by atoms with Crippen molar-refractivity contribution >= 4 is 21.8 Å². The normalized spacial score (nSPS) is 11.7. The third-order valence-corrected chi connectivity index (χ3v) is 4.57. The Morgan fingerprint density at radius 2 is 1.71 bits per heavy atom. The Morgan fingerprint density at radius 3 is 2.21 bits per heavy atom. The molecule has 0 aliphatic carbocycles. The summed E-state index contributed by atoms with van der Waals surface area (Å²) in [4.78, 5) is 12.7. The van der Waals surface area contributed by atoms with Gasteiger partial charge >= 0.3 is 0 Å². The smallest absolute Gasteiger partial charge is 0.252 e. The quantitative estimate of drug-likeness (QED) is 0.741.